The summed E-state index contributed by atoms with van der Waals surface area (Å²) < 4.78 is 51.4. The fourth-order valence-electron chi connectivity index (χ4n) is 3.55. The highest BCUT2D eigenvalue weighted by molar-refractivity contribution is 5.92. The van der Waals surface area contributed by atoms with E-state index in [4.69, 9.17) is 9.47 Å². The van der Waals surface area contributed by atoms with E-state index in [0.29, 0.717) is 17.3 Å². The molecule has 168 valence electrons. The van der Waals surface area contributed by atoms with E-state index in [1.54, 1.807) is 0 Å². The first-order valence-corrected chi connectivity index (χ1v) is 9.87. The number of nitrogens with one attached hydrogen (secondary N) is 1. The molecular weight excluding hydrogens is 415 g/mol. The highest BCUT2D eigenvalue weighted by Gasteiger charge is 2.31. The molecule has 1 atom stereocenters. The van der Waals surface area contributed by atoms with Crippen LogP contribution in [0.2, 0.25) is 0 Å². The van der Waals surface area contributed by atoms with Crippen LogP contribution in [-0.2, 0) is 4.74 Å². The van der Waals surface area contributed by atoms with Crippen molar-refractivity contribution < 1.29 is 32.2 Å². The van der Waals surface area contributed by atoms with Crippen LogP contribution >= 0.6 is 0 Å². The van der Waals surface area contributed by atoms with Gasteiger partial charge in [0.1, 0.15) is 17.3 Å². The third kappa shape index (κ3) is 6.30. The van der Waals surface area contributed by atoms with Crippen molar-refractivity contribution in [3.05, 3.63) is 47.4 Å². The number of alkyl halides is 3. The number of aromatic nitrogens is 2. The number of benzene rings is 1. The van der Waals surface area contributed by atoms with Gasteiger partial charge in [0.2, 0.25) is 5.88 Å². The van der Waals surface area contributed by atoms with Crippen LogP contribution in [0, 0.1) is 0 Å². The van der Waals surface area contributed by atoms with E-state index >= 15 is 0 Å². The Hall–Kier alpha value is -2.88. The van der Waals surface area contributed by atoms with Crippen LogP contribution < -0.4 is 14.8 Å². The van der Waals surface area contributed by atoms with Gasteiger partial charge < -0.3 is 19.5 Å². The molecule has 0 radical (unpaired) electrons. The zero-order valence-electron chi connectivity index (χ0n) is 17.2. The number of halogens is 3. The first-order valence-electron chi connectivity index (χ1n) is 9.87. The molecule has 1 aromatic carbocycles. The summed E-state index contributed by atoms with van der Waals surface area (Å²) in [5, 5.41) is 2.81. The number of rotatable bonds is 8. The third-order valence-corrected chi connectivity index (χ3v) is 5.04. The van der Waals surface area contributed by atoms with Crippen LogP contribution in [-0.4, -0.2) is 43.1 Å². The Morgan fingerprint density at radius 1 is 1.16 bits per heavy atom. The molecule has 1 N–H and O–H groups in total. The van der Waals surface area contributed by atoms with Crippen molar-refractivity contribution in [1.82, 2.24) is 15.3 Å². The molecule has 0 bridgehead atoms. The number of amides is 1. The maximum atomic E-state index is 12.9. The van der Waals surface area contributed by atoms with Gasteiger partial charge in [-0.2, -0.15) is 4.98 Å². The van der Waals surface area contributed by atoms with E-state index in [9.17, 15) is 18.0 Å². The lowest BCUT2D eigenvalue weighted by molar-refractivity contribution is -0.274. The largest absolute Gasteiger partial charge is 0.573 e. The summed E-state index contributed by atoms with van der Waals surface area (Å²) in [6.07, 6.45) is -0.655. The van der Waals surface area contributed by atoms with E-state index in [0.717, 1.165) is 25.7 Å². The molecule has 1 aromatic heterocycles. The van der Waals surface area contributed by atoms with Gasteiger partial charge in [-0.25, -0.2) is 4.98 Å². The van der Waals surface area contributed by atoms with Crippen LogP contribution in [0.1, 0.15) is 59.5 Å². The van der Waals surface area contributed by atoms with Gasteiger partial charge in [-0.3, -0.25) is 4.79 Å². The van der Waals surface area contributed by atoms with Gasteiger partial charge in [-0.15, -0.1) is 13.2 Å². The smallest absolute Gasteiger partial charge is 0.481 e. The van der Waals surface area contributed by atoms with Crippen molar-refractivity contribution in [3.8, 4) is 11.6 Å². The second kappa shape index (κ2) is 9.95. The summed E-state index contributed by atoms with van der Waals surface area (Å²) in [5.41, 5.74) is 0.716. The van der Waals surface area contributed by atoms with Crippen molar-refractivity contribution in [2.75, 3.05) is 20.8 Å². The van der Waals surface area contributed by atoms with Gasteiger partial charge in [0.25, 0.3) is 5.91 Å². The average Bonchev–Trinajstić information content (AvgIpc) is 3.27. The molecule has 2 aromatic rings. The van der Waals surface area contributed by atoms with Gasteiger partial charge in [0.15, 0.2) is 0 Å². The number of hydrogen-bond acceptors (Lipinski definition) is 6. The molecule has 1 amide bonds. The third-order valence-electron chi connectivity index (χ3n) is 5.04. The van der Waals surface area contributed by atoms with Gasteiger partial charge in [0, 0.05) is 19.1 Å². The molecule has 0 saturated heterocycles. The maximum Gasteiger partial charge on any atom is 0.573 e. The minimum atomic E-state index is -4.77. The van der Waals surface area contributed by atoms with Crippen LogP contribution in [0.5, 0.6) is 11.6 Å². The second-order valence-corrected chi connectivity index (χ2v) is 7.23. The Morgan fingerprint density at radius 2 is 1.84 bits per heavy atom. The molecule has 1 aliphatic carbocycles. The summed E-state index contributed by atoms with van der Waals surface area (Å²) in [7, 11) is 2.94. The molecular formula is C21H24F3N3O4. The van der Waals surface area contributed by atoms with Crippen LogP contribution in [0.15, 0.2) is 30.3 Å². The summed E-state index contributed by atoms with van der Waals surface area (Å²) in [6.45, 7) is 0.114. The first kappa shape index (κ1) is 22.8. The molecule has 7 nitrogen and oxygen atoms in total. The van der Waals surface area contributed by atoms with Gasteiger partial charge in [-0.1, -0.05) is 25.0 Å². The van der Waals surface area contributed by atoms with Crippen molar-refractivity contribution in [2.45, 2.75) is 44.0 Å². The van der Waals surface area contributed by atoms with E-state index < -0.39 is 18.3 Å². The van der Waals surface area contributed by atoms with Gasteiger partial charge in [0.05, 0.1) is 19.8 Å². The predicted molar refractivity (Wildman–Crippen MR) is 105 cm³/mol. The molecule has 1 fully saturated rings. The SMILES string of the molecule is COC[C@@H](NC(=O)c1cc(OC)nc(C2CCCC2)n1)c1ccc(OC(F)(F)F)cc1. The molecule has 31 heavy (non-hydrogen) atoms. The average molecular weight is 439 g/mol. The lowest BCUT2D eigenvalue weighted by atomic mass is 10.1. The molecule has 0 spiro atoms. The number of methoxy groups -OCH3 is 2. The molecule has 10 heteroatoms. The van der Waals surface area contributed by atoms with E-state index in [-0.39, 0.29) is 24.0 Å². The van der Waals surface area contributed by atoms with Gasteiger partial charge >= 0.3 is 6.36 Å². The lowest BCUT2D eigenvalue weighted by Gasteiger charge is -2.19. The molecule has 1 saturated carbocycles. The molecule has 1 heterocycles. The maximum absolute atomic E-state index is 12.9. The molecule has 0 unspecified atom stereocenters. The highest BCUT2D eigenvalue weighted by atomic mass is 19.4. The van der Waals surface area contributed by atoms with Crippen molar-refractivity contribution in [3.63, 3.8) is 0 Å². The van der Waals surface area contributed by atoms with Crippen LogP contribution in [0.25, 0.3) is 0 Å². The Morgan fingerprint density at radius 3 is 2.42 bits per heavy atom. The number of nitrogens with zero attached hydrogens (tertiary/aromatic N) is 2. The highest BCUT2D eigenvalue weighted by Crippen LogP contribution is 2.33. The zero-order chi connectivity index (χ0) is 22.4. The Labute approximate surface area is 177 Å². The number of carbonyl (C=O) groups excluding carboxylic acids is 1. The summed E-state index contributed by atoms with van der Waals surface area (Å²) >= 11 is 0. The fraction of sp³-hybridized carbons (Fsp3) is 0.476. The van der Waals surface area contributed by atoms with Crippen molar-refractivity contribution in [1.29, 1.82) is 0 Å². The fourth-order valence-corrected chi connectivity index (χ4v) is 3.55. The summed E-state index contributed by atoms with van der Waals surface area (Å²) in [4.78, 5) is 21.7. The molecule has 0 aliphatic heterocycles. The molecule has 3 rings (SSSR count). The normalized spacial score (nSPS) is 15.5. The first-order chi connectivity index (χ1) is 14.8. The van der Waals surface area contributed by atoms with Gasteiger partial charge in [-0.05, 0) is 30.5 Å². The van der Waals surface area contributed by atoms with E-state index in [1.807, 2.05) is 0 Å². The quantitative estimate of drug-likeness (QED) is 0.665. The van der Waals surface area contributed by atoms with Crippen molar-refractivity contribution >= 4 is 5.91 Å². The summed E-state index contributed by atoms with van der Waals surface area (Å²) in [6, 6.07) is 6.10. The zero-order valence-corrected chi connectivity index (χ0v) is 17.2. The number of hydrogen-bond donors (Lipinski definition) is 1. The number of carbonyl (C=O) groups is 1. The lowest BCUT2D eigenvalue weighted by Crippen LogP contribution is -2.32. The number of ether oxygens (including phenoxy) is 3. The monoisotopic (exact) mass is 439 g/mol. The minimum Gasteiger partial charge on any atom is -0.481 e. The Bertz CT molecular complexity index is 884. The Balaban J connectivity index is 1.78. The minimum absolute atomic E-state index is 0.114. The Kier molecular flexibility index (Phi) is 7.32. The van der Waals surface area contributed by atoms with E-state index in [1.165, 1.54) is 44.6 Å². The predicted octanol–water partition coefficient (Wildman–Crippen LogP) is 4.16. The van der Waals surface area contributed by atoms with Crippen LogP contribution in [0.4, 0.5) is 13.2 Å². The van der Waals surface area contributed by atoms with Crippen LogP contribution in [0.3, 0.4) is 0 Å². The second-order valence-electron chi connectivity index (χ2n) is 7.23. The van der Waals surface area contributed by atoms with Crippen molar-refractivity contribution in [2.24, 2.45) is 0 Å². The summed E-state index contributed by atoms with van der Waals surface area (Å²) in [5.74, 6) is 0.272. The standard InChI is InChI=1S/C21H24F3N3O4/c1-29-12-17(13-7-9-15(10-8-13)31-21(22,23)24)26-20(28)16-11-18(30-2)27-19(25-16)14-5-3-4-6-14/h7-11,14,17H,3-6,12H2,1-2H3,(H,26,28)/t17-/m1/s1. The van der Waals surface area contributed by atoms with E-state index in [2.05, 4.69) is 20.0 Å². The molecule has 1 aliphatic rings. The topological polar surface area (TPSA) is 82.6 Å².